The molecule has 6 nitrogen and oxygen atoms in total. The molecule has 0 bridgehead atoms. The molecule has 1 saturated heterocycles. The van der Waals surface area contributed by atoms with Gasteiger partial charge in [-0.25, -0.2) is 0 Å². The fourth-order valence-corrected chi connectivity index (χ4v) is 5.53. The molecule has 0 aliphatic carbocycles. The van der Waals surface area contributed by atoms with Crippen LogP contribution in [0.5, 0.6) is 0 Å². The van der Waals surface area contributed by atoms with Crippen LogP contribution in [-0.4, -0.2) is 51.6 Å². The van der Waals surface area contributed by atoms with Crippen molar-refractivity contribution in [3.63, 3.8) is 0 Å². The van der Waals surface area contributed by atoms with Gasteiger partial charge in [0, 0.05) is 47.4 Å². The molecule has 1 aliphatic rings. The van der Waals surface area contributed by atoms with Crippen molar-refractivity contribution in [2.75, 3.05) is 12.3 Å². The highest BCUT2D eigenvalue weighted by Gasteiger charge is 2.40. The minimum atomic E-state index is -0.392. The predicted molar refractivity (Wildman–Crippen MR) is 135 cm³/mol. The first-order chi connectivity index (χ1) is 15.9. The molecule has 2 aromatic heterocycles. The molecule has 1 fully saturated rings. The molecule has 0 radical (unpaired) electrons. The third-order valence-corrected chi connectivity index (χ3v) is 7.43. The summed E-state index contributed by atoms with van der Waals surface area (Å²) in [7, 11) is 0. The Morgan fingerprint density at radius 1 is 1.30 bits per heavy atom. The molecular formula is C25H27ClN4O2S. The Kier molecular flexibility index (Phi) is 7.12. The van der Waals surface area contributed by atoms with Gasteiger partial charge in [-0.15, -0.1) is 11.3 Å². The van der Waals surface area contributed by atoms with Gasteiger partial charge in [0.25, 0.3) is 0 Å². The van der Waals surface area contributed by atoms with Gasteiger partial charge in [-0.3, -0.25) is 14.7 Å². The maximum Gasteiger partial charge on any atom is 0.246 e. The summed E-state index contributed by atoms with van der Waals surface area (Å²) in [5.41, 5.74) is 8.64. The number of fused-ring (bicyclic) bond motifs is 1. The molecule has 3 atom stereocenters. The third-order valence-electron chi connectivity index (χ3n) is 6.24. The average Bonchev–Trinajstić information content (AvgIpc) is 3.23. The number of nitrogens with zero attached hydrogens (tertiary/aromatic N) is 3. The van der Waals surface area contributed by atoms with E-state index in [2.05, 4.69) is 16.8 Å². The second-order valence-corrected chi connectivity index (χ2v) is 10.1. The van der Waals surface area contributed by atoms with Crippen LogP contribution in [0.25, 0.3) is 17.0 Å². The van der Waals surface area contributed by atoms with E-state index in [-0.39, 0.29) is 18.0 Å². The van der Waals surface area contributed by atoms with E-state index in [1.54, 1.807) is 24.4 Å². The predicted octanol–water partition coefficient (Wildman–Crippen LogP) is 4.62. The molecule has 1 amide bonds. The number of aromatic nitrogens is 1. The number of piperazine rings is 1. The SMILES string of the molecule is CCC1C(C=O)N(Cc2ccc3c(N)ccnc3c2)C(C)CN1C(=O)C=Cc1ccc(Cl)s1. The van der Waals surface area contributed by atoms with E-state index in [1.165, 1.54) is 11.3 Å². The molecule has 1 aromatic carbocycles. The first-order valence-electron chi connectivity index (χ1n) is 11.0. The van der Waals surface area contributed by atoms with Crippen LogP contribution >= 0.6 is 22.9 Å². The molecule has 3 aromatic rings. The van der Waals surface area contributed by atoms with Crippen LogP contribution in [0.1, 0.15) is 30.7 Å². The number of benzene rings is 1. The Labute approximate surface area is 202 Å². The van der Waals surface area contributed by atoms with Gasteiger partial charge in [-0.05, 0) is 49.2 Å². The monoisotopic (exact) mass is 482 g/mol. The molecule has 33 heavy (non-hydrogen) atoms. The molecule has 0 saturated carbocycles. The van der Waals surface area contributed by atoms with Gasteiger partial charge in [0.2, 0.25) is 5.91 Å². The fourth-order valence-electron chi connectivity index (χ4n) is 4.56. The number of anilines is 1. The smallest absolute Gasteiger partial charge is 0.246 e. The number of halogens is 1. The van der Waals surface area contributed by atoms with E-state index in [1.807, 2.05) is 42.2 Å². The highest BCUT2D eigenvalue weighted by Crippen LogP contribution is 2.28. The van der Waals surface area contributed by atoms with Crippen molar-refractivity contribution in [2.24, 2.45) is 0 Å². The van der Waals surface area contributed by atoms with Crippen molar-refractivity contribution < 1.29 is 9.59 Å². The van der Waals surface area contributed by atoms with Crippen molar-refractivity contribution in [2.45, 2.75) is 44.9 Å². The van der Waals surface area contributed by atoms with Crippen LogP contribution in [0.4, 0.5) is 5.69 Å². The van der Waals surface area contributed by atoms with Crippen molar-refractivity contribution in [1.82, 2.24) is 14.8 Å². The number of amides is 1. The number of nitrogens with two attached hydrogens (primary N) is 1. The molecule has 2 N–H and O–H groups in total. The zero-order valence-electron chi connectivity index (χ0n) is 18.6. The van der Waals surface area contributed by atoms with Crippen LogP contribution in [0.15, 0.2) is 48.7 Å². The van der Waals surface area contributed by atoms with Gasteiger partial charge in [0.1, 0.15) is 6.29 Å². The lowest BCUT2D eigenvalue weighted by molar-refractivity contribution is -0.138. The number of hydrogen-bond acceptors (Lipinski definition) is 6. The van der Waals surface area contributed by atoms with Crippen molar-refractivity contribution in [1.29, 1.82) is 0 Å². The molecule has 4 rings (SSSR count). The number of hydrogen-bond donors (Lipinski definition) is 1. The standard InChI is InChI=1S/C25H27ClN4O2S/c1-3-22-23(15-31)29(14-17-4-7-19-20(27)10-11-28-21(19)12-17)16(2)13-30(22)25(32)9-6-18-5-8-24(26)33-18/h4-12,15-16,22-23H,3,13-14H2,1-2H3,(H2,27,28). The molecule has 3 heterocycles. The number of rotatable bonds is 6. The lowest BCUT2D eigenvalue weighted by atomic mass is 9.95. The second kappa shape index (κ2) is 10.0. The summed E-state index contributed by atoms with van der Waals surface area (Å²) in [6.45, 7) is 5.22. The maximum atomic E-state index is 13.1. The van der Waals surface area contributed by atoms with Gasteiger partial charge >= 0.3 is 0 Å². The quantitative estimate of drug-likeness (QED) is 0.409. The molecule has 3 unspecified atom stereocenters. The Morgan fingerprint density at radius 2 is 2.12 bits per heavy atom. The van der Waals surface area contributed by atoms with Crippen LogP contribution in [0, 0.1) is 0 Å². The van der Waals surface area contributed by atoms with Crippen molar-refractivity contribution in [3.8, 4) is 0 Å². The van der Waals surface area contributed by atoms with Crippen molar-refractivity contribution in [3.05, 3.63) is 63.4 Å². The number of aldehydes is 1. The fraction of sp³-hybridized carbons (Fsp3) is 0.320. The van der Waals surface area contributed by atoms with E-state index in [4.69, 9.17) is 17.3 Å². The van der Waals surface area contributed by atoms with Gasteiger partial charge in [0.15, 0.2) is 0 Å². The van der Waals surface area contributed by atoms with E-state index >= 15 is 0 Å². The van der Waals surface area contributed by atoms with Gasteiger partial charge in [-0.2, -0.15) is 0 Å². The van der Waals surface area contributed by atoms with Gasteiger partial charge < -0.3 is 15.4 Å². The van der Waals surface area contributed by atoms with E-state index in [0.29, 0.717) is 29.5 Å². The summed E-state index contributed by atoms with van der Waals surface area (Å²) in [5, 5.41) is 0.918. The average molecular weight is 483 g/mol. The normalized spacial score (nSPS) is 21.7. The molecule has 1 aliphatic heterocycles. The van der Waals surface area contributed by atoms with Gasteiger partial charge in [0.05, 0.1) is 21.9 Å². The molecular weight excluding hydrogens is 456 g/mol. The Hall–Kier alpha value is -2.74. The summed E-state index contributed by atoms with van der Waals surface area (Å²) in [4.78, 5) is 34.7. The highest BCUT2D eigenvalue weighted by molar-refractivity contribution is 7.17. The molecule has 8 heteroatoms. The minimum Gasteiger partial charge on any atom is -0.398 e. The number of carbonyl (C=O) groups excluding carboxylic acids is 2. The summed E-state index contributed by atoms with van der Waals surface area (Å²) >= 11 is 7.41. The van der Waals surface area contributed by atoms with Crippen LogP contribution in [0.3, 0.4) is 0 Å². The lowest BCUT2D eigenvalue weighted by Crippen LogP contribution is -2.64. The Bertz CT molecular complexity index is 1190. The van der Waals surface area contributed by atoms with E-state index < -0.39 is 6.04 Å². The van der Waals surface area contributed by atoms with E-state index in [9.17, 15) is 9.59 Å². The van der Waals surface area contributed by atoms with Crippen LogP contribution in [0.2, 0.25) is 4.34 Å². The summed E-state index contributed by atoms with van der Waals surface area (Å²) < 4.78 is 0.684. The first-order valence-corrected chi connectivity index (χ1v) is 12.2. The zero-order valence-corrected chi connectivity index (χ0v) is 20.2. The first kappa shape index (κ1) is 23.4. The number of thiophene rings is 1. The highest BCUT2D eigenvalue weighted by atomic mass is 35.5. The van der Waals surface area contributed by atoms with Crippen molar-refractivity contribution >= 4 is 57.8 Å². The Morgan fingerprint density at radius 3 is 2.82 bits per heavy atom. The van der Waals surface area contributed by atoms with Crippen LogP contribution in [-0.2, 0) is 16.1 Å². The van der Waals surface area contributed by atoms with E-state index in [0.717, 1.165) is 27.6 Å². The Balaban J connectivity index is 1.55. The summed E-state index contributed by atoms with van der Waals surface area (Å²) in [5.74, 6) is -0.0879. The van der Waals surface area contributed by atoms with Crippen LogP contribution < -0.4 is 5.73 Å². The second-order valence-electron chi connectivity index (χ2n) is 8.34. The number of carbonyl (C=O) groups is 2. The number of nitrogen functional groups attached to an aromatic ring is 1. The lowest BCUT2D eigenvalue weighted by Gasteiger charge is -2.48. The largest absolute Gasteiger partial charge is 0.398 e. The van der Waals surface area contributed by atoms with Gasteiger partial charge in [-0.1, -0.05) is 30.7 Å². The minimum absolute atomic E-state index is 0.0148. The molecule has 172 valence electrons. The number of pyridine rings is 1. The third kappa shape index (κ3) is 4.95. The maximum absolute atomic E-state index is 13.1. The zero-order chi connectivity index (χ0) is 23.5. The molecule has 0 spiro atoms. The summed E-state index contributed by atoms with van der Waals surface area (Å²) in [6, 6.07) is 10.9. The summed E-state index contributed by atoms with van der Waals surface area (Å²) in [6.07, 6.45) is 6.73. The topological polar surface area (TPSA) is 79.5 Å².